The zero-order chi connectivity index (χ0) is 14.8. The van der Waals surface area contributed by atoms with Crippen LogP contribution in [0.15, 0.2) is 53.6 Å². The summed E-state index contributed by atoms with van der Waals surface area (Å²) in [7, 11) is 1.78. The molecular weight excluding hydrogens is 264 g/mol. The van der Waals surface area contributed by atoms with Gasteiger partial charge in [0.1, 0.15) is 5.82 Å². The molecule has 3 aromatic rings. The van der Waals surface area contributed by atoms with Gasteiger partial charge in [-0.15, -0.1) is 0 Å². The number of anilines is 1. The number of aromatic nitrogens is 3. The minimum absolute atomic E-state index is 0.0441. The minimum Gasteiger partial charge on any atom is -0.375 e. The second-order valence-electron chi connectivity index (χ2n) is 4.95. The maximum absolute atomic E-state index is 12.1. The molecule has 0 aliphatic carbocycles. The van der Waals surface area contributed by atoms with Gasteiger partial charge in [-0.05, 0) is 19.1 Å². The highest BCUT2D eigenvalue weighted by atomic mass is 16.1. The summed E-state index contributed by atoms with van der Waals surface area (Å²) in [6, 6.07) is 11.1. The van der Waals surface area contributed by atoms with E-state index in [4.69, 9.17) is 0 Å². The average Bonchev–Trinajstić information content (AvgIpc) is 2.53. The summed E-state index contributed by atoms with van der Waals surface area (Å²) in [4.78, 5) is 20.5. The van der Waals surface area contributed by atoms with Gasteiger partial charge in [0.25, 0.3) is 5.56 Å². The lowest BCUT2D eigenvalue weighted by Gasteiger charge is -2.16. The Bertz CT molecular complexity index is 827. The predicted octanol–water partition coefficient (Wildman–Crippen LogP) is 2.50. The SMILES string of the molecule is CC(Nc1cc(=O)n(C)c2ccccc12)c1ncccn1. The molecule has 0 bridgehead atoms. The van der Waals surface area contributed by atoms with Crippen LogP contribution < -0.4 is 10.9 Å². The first-order chi connectivity index (χ1) is 10.2. The lowest BCUT2D eigenvalue weighted by molar-refractivity contribution is 0.788. The Labute approximate surface area is 122 Å². The molecule has 0 radical (unpaired) electrons. The van der Waals surface area contributed by atoms with Crippen molar-refractivity contribution in [3.63, 3.8) is 0 Å². The number of fused-ring (bicyclic) bond motifs is 1. The van der Waals surface area contributed by atoms with E-state index in [0.717, 1.165) is 16.6 Å². The Morgan fingerprint density at radius 3 is 2.62 bits per heavy atom. The predicted molar refractivity (Wildman–Crippen MR) is 83.3 cm³/mol. The van der Waals surface area contributed by atoms with E-state index < -0.39 is 0 Å². The minimum atomic E-state index is -0.0817. The van der Waals surface area contributed by atoms with E-state index in [1.165, 1.54) is 0 Å². The third kappa shape index (κ3) is 2.50. The van der Waals surface area contributed by atoms with Crippen LogP contribution in [0.4, 0.5) is 5.69 Å². The van der Waals surface area contributed by atoms with Crippen molar-refractivity contribution in [2.45, 2.75) is 13.0 Å². The molecule has 5 nitrogen and oxygen atoms in total. The van der Waals surface area contributed by atoms with E-state index >= 15 is 0 Å². The average molecular weight is 280 g/mol. The normalized spacial score (nSPS) is 12.3. The third-order valence-corrected chi connectivity index (χ3v) is 3.50. The first kappa shape index (κ1) is 13.3. The molecule has 5 heteroatoms. The molecule has 0 amide bonds. The second-order valence-corrected chi connectivity index (χ2v) is 4.95. The molecule has 0 saturated carbocycles. The number of benzene rings is 1. The van der Waals surface area contributed by atoms with Crippen LogP contribution in [0.5, 0.6) is 0 Å². The summed E-state index contributed by atoms with van der Waals surface area (Å²) >= 11 is 0. The van der Waals surface area contributed by atoms with E-state index in [1.54, 1.807) is 36.1 Å². The molecule has 21 heavy (non-hydrogen) atoms. The number of para-hydroxylation sites is 1. The Morgan fingerprint density at radius 1 is 1.14 bits per heavy atom. The van der Waals surface area contributed by atoms with Crippen LogP contribution in [-0.2, 0) is 7.05 Å². The van der Waals surface area contributed by atoms with Gasteiger partial charge in [-0.25, -0.2) is 9.97 Å². The second kappa shape index (κ2) is 5.36. The van der Waals surface area contributed by atoms with Crippen LogP contribution in [0.25, 0.3) is 10.9 Å². The van der Waals surface area contributed by atoms with Crippen molar-refractivity contribution >= 4 is 16.6 Å². The summed E-state index contributed by atoms with van der Waals surface area (Å²) in [6.45, 7) is 1.97. The van der Waals surface area contributed by atoms with Gasteiger partial charge in [0.2, 0.25) is 0 Å². The first-order valence-corrected chi connectivity index (χ1v) is 6.79. The summed E-state index contributed by atoms with van der Waals surface area (Å²) < 4.78 is 1.64. The number of aryl methyl sites for hydroxylation is 1. The standard InChI is InChI=1S/C16H16N4O/c1-11(16-17-8-5-9-18-16)19-13-10-15(21)20(2)14-7-4-3-6-12(13)14/h3-11,19H,1-2H3. The molecule has 2 heterocycles. The van der Waals surface area contributed by atoms with Gasteiger partial charge in [0, 0.05) is 36.6 Å². The van der Waals surface area contributed by atoms with Crippen molar-refractivity contribution in [1.82, 2.24) is 14.5 Å². The van der Waals surface area contributed by atoms with Gasteiger partial charge in [0.15, 0.2) is 0 Å². The fourth-order valence-corrected chi connectivity index (χ4v) is 2.36. The fraction of sp³-hybridized carbons (Fsp3) is 0.188. The van der Waals surface area contributed by atoms with Crippen molar-refractivity contribution < 1.29 is 0 Å². The summed E-state index contributed by atoms with van der Waals surface area (Å²) in [5, 5.41) is 4.33. The molecular formula is C16H16N4O. The van der Waals surface area contributed by atoms with Crippen molar-refractivity contribution in [3.8, 4) is 0 Å². The molecule has 1 N–H and O–H groups in total. The van der Waals surface area contributed by atoms with E-state index in [-0.39, 0.29) is 11.6 Å². The van der Waals surface area contributed by atoms with Crippen molar-refractivity contribution in [2.24, 2.45) is 7.05 Å². The van der Waals surface area contributed by atoms with Gasteiger partial charge < -0.3 is 9.88 Å². The van der Waals surface area contributed by atoms with Crippen LogP contribution in [0.3, 0.4) is 0 Å². The number of nitrogens with one attached hydrogen (secondary N) is 1. The van der Waals surface area contributed by atoms with Crippen molar-refractivity contribution in [3.05, 3.63) is 65.0 Å². The number of hydrogen-bond donors (Lipinski definition) is 1. The van der Waals surface area contributed by atoms with Crippen molar-refractivity contribution in [1.29, 1.82) is 0 Å². The Kier molecular flexibility index (Phi) is 3.39. The number of rotatable bonds is 3. The van der Waals surface area contributed by atoms with Gasteiger partial charge in [-0.2, -0.15) is 0 Å². The lowest BCUT2D eigenvalue weighted by Crippen LogP contribution is -2.19. The van der Waals surface area contributed by atoms with E-state index in [0.29, 0.717) is 5.82 Å². The first-order valence-electron chi connectivity index (χ1n) is 6.79. The topological polar surface area (TPSA) is 59.8 Å². The molecule has 0 aliphatic rings. The Balaban J connectivity index is 2.05. The highest BCUT2D eigenvalue weighted by Gasteiger charge is 2.11. The molecule has 1 aromatic carbocycles. The Hall–Kier alpha value is -2.69. The molecule has 0 aliphatic heterocycles. The zero-order valence-electron chi connectivity index (χ0n) is 11.9. The molecule has 1 atom stereocenters. The third-order valence-electron chi connectivity index (χ3n) is 3.50. The monoisotopic (exact) mass is 280 g/mol. The van der Waals surface area contributed by atoms with E-state index in [9.17, 15) is 4.79 Å². The molecule has 106 valence electrons. The quantitative estimate of drug-likeness (QED) is 0.800. The van der Waals surface area contributed by atoms with Crippen LogP contribution in [0, 0.1) is 0 Å². The van der Waals surface area contributed by atoms with E-state index in [2.05, 4.69) is 15.3 Å². The molecule has 0 spiro atoms. The lowest BCUT2D eigenvalue weighted by atomic mass is 10.1. The molecule has 0 fully saturated rings. The van der Waals surface area contributed by atoms with Crippen LogP contribution in [0.1, 0.15) is 18.8 Å². The van der Waals surface area contributed by atoms with Gasteiger partial charge in [-0.1, -0.05) is 18.2 Å². The maximum atomic E-state index is 12.1. The largest absolute Gasteiger partial charge is 0.375 e. The highest BCUT2D eigenvalue weighted by molar-refractivity contribution is 5.91. The van der Waals surface area contributed by atoms with Crippen LogP contribution >= 0.6 is 0 Å². The molecule has 0 saturated heterocycles. The summed E-state index contributed by atoms with van der Waals surface area (Å²) in [5.74, 6) is 0.697. The molecule has 1 unspecified atom stereocenters. The number of hydrogen-bond acceptors (Lipinski definition) is 4. The van der Waals surface area contributed by atoms with Crippen LogP contribution in [0.2, 0.25) is 0 Å². The van der Waals surface area contributed by atoms with Crippen molar-refractivity contribution in [2.75, 3.05) is 5.32 Å². The zero-order valence-corrected chi connectivity index (χ0v) is 11.9. The Morgan fingerprint density at radius 2 is 1.86 bits per heavy atom. The van der Waals surface area contributed by atoms with Gasteiger partial charge >= 0.3 is 0 Å². The smallest absolute Gasteiger partial charge is 0.252 e. The summed E-state index contributed by atoms with van der Waals surface area (Å²) in [5.41, 5.74) is 1.65. The van der Waals surface area contributed by atoms with E-state index in [1.807, 2.05) is 31.2 Å². The summed E-state index contributed by atoms with van der Waals surface area (Å²) in [6.07, 6.45) is 3.42. The van der Waals surface area contributed by atoms with Crippen LogP contribution in [-0.4, -0.2) is 14.5 Å². The molecule has 2 aromatic heterocycles. The van der Waals surface area contributed by atoms with Gasteiger partial charge in [0.05, 0.1) is 11.6 Å². The number of nitrogens with zero attached hydrogens (tertiary/aromatic N) is 3. The number of pyridine rings is 1. The highest BCUT2D eigenvalue weighted by Crippen LogP contribution is 2.24. The molecule has 3 rings (SSSR count). The van der Waals surface area contributed by atoms with Gasteiger partial charge in [-0.3, -0.25) is 4.79 Å². The maximum Gasteiger partial charge on any atom is 0.252 e. The fourth-order valence-electron chi connectivity index (χ4n) is 2.36.